The molecule has 7 nitrogen and oxygen atoms in total. The first kappa shape index (κ1) is 22.0. The van der Waals surface area contributed by atoms with E-state index in [1.54, 1.807) is 6.92 Å². The van der Waals surface area contributed by atoms with Crippen LogP contribution in [0.4, 0.5) is 11.4 Å². The average molecular weight is 418 g/mol. The second-order valence-corrected chi connectivity index (χ2v) is 7.72. The number of hydrogen-bond acceptors (Lipinski definition) is 4. The van der Waals surface area contributed by atoms with Gasteiger partial charge in [-0.2, -0.15) is 5.10 Å². The van der Waals surface area contributed by atoms with Gasteiger partial charge in [-0.3, -0.25) is 14.4 Å². The molecule has 1 atom stereocenters. The molecule has 0 radical (unpaired) electrons. The van der Waals surface area contributed by atoms with E-state index >= 15 is 0 Å². The molecule has 0 aliphatic rings. The van der Waals surface area contributed by atoms with Crippen molar-refractivity contribution < 1.29 is 9.59 Å². The zero-order valence-corrected chi connectivity index (χ0v) is 18.3. The molecule has 3 rings (SSSR count). The van der Waals surface area contributed by atoms with E-state index in [4.69, 9.17) is 0 Å². The Hall–Kier alpha value is -3.74. The lowest BCUT2D eigenvalue weighted by Gasteiger charge is -2.18. The molecule has 160 valence electrons. The maximum Gasteiger partial charge on any atom is 0.291 e. The molecule has 31 heavy (non-hydrogen) atoms. The van der Waals surface area contributed by atoms with Gasteiger partial charge in [0.25, 0.3) is 5.56 Å². The smallest absolute Gasteiger partial charge is 0.291 e. The van der Waals surface area contributed by atoms with Gasteiger partial charge in [0.15, 0.2) is 0 Å². The van der Waals surface area contributed by atoms with E-state index in [1.165, 1.54) is 13.0 Å². The van der Waals surface area contributed by atoms with Crippen LogP contribution in [0.5, 0.6) is 0 Å². The second-order valence-electron chi connectivity index (χ2n) is 7.72. The Bertz CT molecular complexity index is 1200. The van der Waals surface area contributed by atoms with E-state index in [0.29, 0.717) is 11.4 Å². The Balaban J connectivity index is 2.02. The van der Waals surface area contributed by atoms with Crippen molar-refractivity contribution in [3.8, 4) is 11.3 Å². The normalized spacial score (nSPS) is 11.6. The van der Waals surface area contributed by atoms with E-state index in [0.717, 1.165) is 26.9 Å². The van der Waals surface area contributed by atoms with Crippen LogP contribution in [0.3, 0.4) is 0 Å². The van der Waals surface area contributed by atoms with Gasteiger partial charge in [0.05, 0.1) is 5.69 Å². The van der Waals surface area contributed by atoms with Crippen LogP contribution in [0.1, 0.15) is 36.6 Å². The summed E-state index contributed by atoms with van der Waals surface area (Å²) in [5.41, 5.74) is 4.55. The van der Waals surface area contributed by atoms with Crippen LogP contribution in [0.2, 0.25) is 0 Å². The number of nitrogens with zero attached hydrogens (tertiary/aromatic N) is 2. The SMILES string of the molecule is CC(=O)Nc1cc(-c2ccc(C)cc2)nn(C(C)C(=O)Nc2ccc(C)cc2C)c1=O. The highest BCUT2D eigenvalue weighted by molar-refractivity contribution is 5.94. The molecular weight excluding hydrogens is 392 g/mol. The summed E-state index contributed by atoms with van der Waals surface area (Å²) >= 11 is 0. The van der Waals surface area contributed by atoms with Crippen molar-refractivity contribution >= 4 is 23.2 Å². The summed E-state index contributed by atoms with van der Waals surface area (Å²) in [6, 6.07) is 14.0. The first-order valence-electron chi connectivity index (χ1n) is 10.0. The van der Waals surface area contributed by atoms with E-state index in [-0.39, 0.29) is 17.5 Å². The van der Waals surface area contributed by atoms with Gasteiger partial charge in [-0.1, -0.05) is 47.5 Å². The van der Waals surface area contributed by atoms with Crippen molar-refractivity contribution in [3.05, 3.63) is 75.6 Å². The summed E-state index contributed by atoms with van der Waals surface area (Å²) in [6.07, 6.45) is 0. The fourth-order valence-corrected chi connectivity index (χ4v) is 3.22. The number of hydrogen-bond donors (Lipinski definition) is 2. The van der Waals surface area contributed by atoms with Crippen molar-refractivity contribution in [2.24, 2.45) is 0 Å². The maximum atomic E-state index is 13.0. The predicted molar refractivity (Wildman–Crippen MR) is 122 cm³/mol. The Morgan fingerprint density at radius 1 is 0.903 bits per heavy atom. The minimum Gasteiger partial charge on any atom is -0.324 e. The number of nitrogens with one attached hydrogen (secondary N) is 2. The number of anilines is 2. The molecular formula is C24H26N4O3. The van der Waals surface area contributed by atoms with Gasteiger partial charge in [-0.05, 0) is 45.4 Å². The van der Waals surface area contributed by atoms with E-state index in [1.807, 2.05) is 63.2 Å². The molecule has 0 fully saturated rings. The number of carbonyl (C=O) groups is 2. The Morgan fingerprint density at radius 3 is 2.16 bits per heavy atom. The molecule has 3 aromatic rings. The van der Waals surface area contributed by atoms with Gasteiger partial charge in [-0.25, -0.2) is 4.68 Å². The maximum absolute atomic E-state index is 13.0. The first-order chi connectivity index (χ1) is 14.7. The first-order valence-corrected chi connectivity index (χ1v) is 10.0. The summed E-state index contributed by atoms with van der Waals surface area (Å²) in [5.74, 6) is -0.756. The van der Waals surface area contributed by atoms with Gasteiger partial charge in [-0.15, -0.1) is 0 Å². The van der Waals surface area contributed by atoms with Crippen molar-refractivity contribution in [2.45, 2.75) is 40.7 Å². The number of aryl methyl sites for hydroxylation is 3. The third kappa shape index (κ3) is 5.06. The topological polar surface area (TPSA) is 93.1 Å². The number of aromatic nitrogens is 2. The molecule has 2 N–H and O–H groups in total. The Morgan fingerprint density at radius 2 is 1.55 bits per heavy atom. The van der Waals surface area contributed by atoms with Gasteiger partial charge in [0, 0.05) is 18.2 Å². The van der Waals surface area contributed by atoms with Crippen LogP contribution < -0.4 is 16.2 Å². The zero-order valence-electron chi connectivity index (χ0n) is 18.3. The summed E-state index contributed by atoms with van der Waals surface area (Å²) in [5, 5.41) is 9.85. The molecule has 0 aliphatic carbocycles. The lowest BCUT2D eigenvalue weighted by Crippen LogP contribution is -2.35. The van der Waals surface area contributed by atoms with Crippen molar-refractivity contribution in [1.29, 1.82) is 0 Å². The number of rotatable bonds is 5. The summed E-state index contributed by atoms with van der Waals surface area (Å²) < 4.78 is 1.11. The molecule has 0 spiro atoms. The Labute approximate surface area is 181 Å². The van der Waals surface area contributed by atoms with Crippen LogP contribution in [-0.4, -0.2) is 21.6 Å². The van der Waals surface area contributed by atoms with E-state index < -0.39 is 11.6 Å². The Kier molecular flexibility index (Phi) is 6.34. The summed E-state index contributed by atoms with van der Waals surface area (Å²) in [4.78, 5) is 37.5. The predicted octanol–water partition coefficient (Wildman–Crippen LogP) is 3.99. The fraction of sp³-hybridized carbons (Fsp3) is 0.250. The van der Waals surface area contributed by atoms with Crippen LogP contribution in [0.25, 0.3) is 11.3 Å². The molecule has 2 aromatic carbocycles. The van der Waals surface area contributed by atoms with Gasteiger partial charge in [0.2, 0.25) is 11.8 Å². The summed E-state index contributed by atoms with van der Waals surface area (Å²) in [6.45, 7) is 8.78. The molecule has 1 aromatic heterocycles. The van der Waals surface area contributed by atoms with Crippen molar-refractivity contribution in [3.63, 3.8) is 0 Å². The molecule has 1 heterocycles. The van der Waals surface area contributed by atoms with Crippen LogP contribution in [-0.2, 0) is 9.59 Å². The number of amides is 2. The minimum absolute atomic E-state index is 0.0734. The largest absolute Gasteiger partial charge is 0.324 e. The standard InChI is InChI=1S/C24H26N4O3/c1-14-6-9-19(10-7-14)21-13-22(25-18(5)29)24(31)28(27-21)17(4)23(30)26-20-11-8-15(2)12-16(20)3/h6-13,17H,1-5H3,(H,25,29)(H,26,30). The van der Waals surface area contributed by atoms with E-state index in [2.05, 4.69) is 15.7 Å². The molecule has 1 unspecified atom stereocenters. The second kappa shape index (κ2) is 8.95. The average Bonchev–Trinajstić information content (AvgIpc) is 2.71. The highest BCUT2D eigenvalue weighted by atomic mass is 16.2. The van der Waals surface area contributed by atoms with Crippen LogP contribution in [0, 0.1) is 20.8 Å². The quantitative estimate of drug-likeness (QED) is 0.655. The number of carbonyl (C=O) groups excluding carboxylic acids is 2. The lowest BCUT2D eigenvalue weighted by atomic mass is 10.1. The molecule has 0 aliphatic heterocycles. The van der Waals surface area contributed by atoms with Crippen LogP contribution >= 0.6 is 0 Å². The van der Waals surface area contributed by atoms with Crippen molar-refractivity contribution in [1.82, 2.24) is 9.78 Å². The molecule has 0 saturated heterocycles. The van der Waals surface area contributed by atoms with Gasteiger partial charge < -0.3 is 10.6 Å². The highest BCUT2D eigenvalue weighted by Crippen LogP contribution is 2.21. The van der Waals surface area contributed by atoms with Gasteiger partial charge in [0.1, 0.15) is 11.7 Å². The molecule has 0 bridgehead atoms. The molecule has 0 saturated carbocycles. The number of benzene rings is 2. The highest BCUT2D eigenvalue weighted by Gasteiger charge is 2.21. The summed E-state index contributed by atoms with van der Waals surface area (Å²) in [7, 11) is 0. The van der Waals surface area contributed by atoms with Crippen LogP contribution in [0.15, 0.2) is 53.3 Å². The third-order valence-electron chi connectivity index (χ3n) is 4.98. The molecule has 2 amide bonds. The fourth-order valence-electron chi connectivity index (χ4n) is 3.22. The van der Waals surface area contributed by atoms with E-state index in [9.17, 15) is 14.4 Å². The minimum atomic E-state index is -0.897. The zero-order chi connectivity index (χ0) is 22.7. The third-order valence-corrected chi connectivity index (χ3v) is 4.98. The molecule has 7 heteroatoms. The monoisotopic (exact) mass is 418 g/mol. The van der Waals surface area contributed by atoms with Gasteiger partial charge >= 0.3 is 0 Å². The van der Waals surface area contributed by atoms with Crippen molar-refractivity contribution in [2.75, 3.05) is 10.6 Å². The lowest BCUT2D eigenvalue weighted by molar-refractivity contribution is -0.119.